The summed E-state index contributed by atoms with van der Waals surface area (Å²) in [6.07, 6.45) is 1.46. The number of benzene rings is 2. The van der Waals surface area contributed by atoms with Gasteiger partial charge < -0.3 is 19.0 Å². The Morgan fingerprint density at radius 1 is 1.06 bits per heavy atom. The summed E-state index contributed by atoms with van der Waals surface area (Å²) < 4.78 is 16.2. The van der Waals surface area contributed by atoms with Crippen molar-refractivity contribution in [2.24, 2.45) is 0 Å². The van der Waals surface area contributed by atoms with E-state index in [1.807, 2.05) is 6.92 Å². The minimum Gasteiger partial charge on any atom is -0.507 e. The minimum absolute atomic E-state index is 0.0515. The summed E-state index contributed by atoms with van der Waals surface area (Å²) in [7, 11) is 1.54. The molecule has 1 saturated heterocycles. The van der Waals surface area contributed by atoms with E-state index < -0.39 is 17.7 Å². The number of carbonyl (C=O) groups is 2. The Balaban J connectivity index is 1.86. The van der Waals surface area contributed by atoms with Gasteiger partial charge in [0.25, 0.3) is 11.7 Å². The van der Waals surface area contributed by atoms with E-state index in [1.54, 1.807) is 67.8 Å². The zero-order valence-corrected chi connectivity index (χ0v) is 17.1. The Hall–Kier alpha value is -4.00. The number of ether oxygens (including phenoxy) is 2. The molecule has 0 bridgehead atoms. The average molecular weight is 419 g/mol. The van der Waals surface area contributed by atoms with Crippen LogP contribution in [0.2, 0.25) is 0 Å². The van der Waals surface area contributed by atoms with Crippen LogP contribution in [0.5, 0.6) is 11.5 Å². The molecular formula is C24H21NO6. The third kappa shape index (κ3) is 3.66. The molecule has 1 atom stereocenters. The largest absolute Gasteiger partial charge is 0.507 e. The number of nitrogens with zero attached hydrogens (tertiary/aromatic N) is 1. The summed E-state index contributed by atoms with van der Waals surface area (Å²) in [6, 6.07) is 15.9. The standard InChI is InChI=1S/C24H21NO6/c1-3-30-18-7-4-6-15(14-18)22(26)20-21(19-8-5-13-31-19)25(24(28)23(20)27)16-9-11-17(29-2)12-10-16/h4-14,21,26H,3H2,1-2H3/b22-20-. The fraction of sp³-hybridized carbons (Fsp3) is 0.167. The molecule has 1 unspecified atom stereocenters. The Bertz CT molecular complexity index is 1130. The maximum Gasteiger partial charge on any atom is 0.300 e. The van der Waals surface area contributed by atoms with Crippen LogP contribution in [0, 0.1) is 0 Å². The van der Waals surface area contributed by atoms with Gasteiger partial charge in [0.15, 0.2) is 0 Å². The summed E-state index contributed by atoms with van der Waals surface area (Å²) in [5.74, 6) is -0.325. The first-order valence-electron chi connectivity index (χ1n) is 9.76. The SMILES string of the molecule is CCOc1cccc(/C(O)=C2/C(=O)C(=O)N(c3ccc(OC)cc3)C2c2ccco2)c1. The highest BCUT2D eigenvalue weighted by atomic mass is 16.5. The molecule has 7 nitrogen and oxygen atoms in total. The molecular weight excluding hydrogens is 398 g/mol. The van der Waals surface area contributed by atoms with E-state index in [0.717, 1.165) is 0 Å². The molecule has 158 valence electrons. The Kier molecular flexibility index (Phi) is 5.49. The second kappa shape index (κ2) is 8.39. The fourth-order valence-electron chi connectivity index (χ4n) is 3.61. The van der Waals surface area contributed by atoms with Gasteiger partial charge in [-0.3, -0.25) is 14.5 Å². The van der Waals surface area contributed by atoms with E-state index in [0.29, 0.717) is 35.1 Å². The van der Waals surface area contributed by atoms with Gasteiger partial charge in [-0.1, -0.05) is 12.1 Å². The lowest BCUT2D eigenvalue weighted by Gasteiger charge is -2.23. The first-order chi connectivity index (χ1) is 15.0. The molecule has 2 heterocycles. The van der Waals surface area contributed by atoms with Crippen LogP contribution in [0.25, 0.3) is 5.76 Å². The second-order valence-corrected chi connectivity index (χ2v) is 6.84. The number of aliphatic hydroxyl groups is 1. The topological polar surface area (TPSA) is 89.2 Å². The molecule has 0 saturated carbocycles. The molecule has 1 amide bonds. The Labute approximate surface area is 179 Å². The van der Waals surface area contributed by atoms with E-state index >= 15 is 0 Å². The van der Waals surface area contributed by atoms with Crippen molar-refractivity contribution < 1.29 is 28.6 Å². The van der Waals surface area contributed by atoms with Crippen LogP contribution in [0.1, 0.15) is 24.3 Å². The monoisotopic (exact) mass is 419 g/mol. The summed E-state index contributed by atoms with van der Waals surface area (Å²) in [5, 5.41) is 11.1. The molecule has 7 heteroatoms. The van der Waals surface area contributed by atoms with E-state index in [1.165, 1.54) is 11.2 Å². The summed E-state index contributed by atoms with van der Waals surface area (Å²) in [6.45, 7) is 2.31. The van der Waals surface area contributed by atoms with Crippen molar-refractivity contribution in [2.75, 3.05) is 18.6 Å². The van der Waals surface area contributed by atoms with Crippen LogP contribution in [-0.4, -0.2) is 30.5 Å². The van der Waals surface area contributed by atoms with Gasteiger partial charge in [-0.2, -0.15) is 0 Å². The van der Waals surface area contributed by atoms with Crippen molar-refractivity contribution in [1.29, 1.82) is 0 Å². The molecule has 3 aromatic rings. The summed E-state index contributed by atoms with van der Waals surface area (Å²) in [4.78, 5) is 27.4. The lowest BCUT2D eigenvalue weighted by molar-refractivity contribution is -0.132. The van der Waals surface area contributed by atoms with E-state index in [-0.39, 0.29) is 11.3 Å². The van der Waals surface area contributed by atoms with Crippen LogP contribution in [0.4, 0.5) is 5.69 Å². The average Bonchev–Trinajstić information content (AvgIpc) is 3.41. The number of furan rings is 1. The van der Waals surface area contributed by atoms with Crippen LogP contribution in [0.15, 0.2) is 76.9 Å². The first kappa shape index (κ1) is 20.3. The molecule has 1 N–H and O–H groups in total. The number of hydrogen-bond donors (Lipinski definition) is 1. The molecule has 31 heavy (non-hydrogen) atoms. The molecule has 4 rings (SSSR count). The third-order valence-corrected chi connectivity index (χ3v) is 5.03. The van der Waals surface area contributed by atoms with Crippen molar-refractivity contribution in [3.8, 4) is 11.5 Å². The van der Waals surface area contributed by atoms with Gasteiger partial charge in [-0.15, -0.1) is 0 Å². The summed E-state index contributed by atoms with van der Waals surface area (Å²) in [5.41, 5.74) is 0.797. The van der Waals surface area contributed by atoms with Gasteiger partial charge in [0.2, 0.25) is 0 Å². The van der Waals surface area contributed by atoms with Crippen LogP contribution in [-0.2, 0) is 9.59 Å². The number of Topliss-reactive ketones (excluding diaryl/α,β-unsaturated/α-hetero) is 1. The molecule has 0 radical (unpaired) electrons. The second-order valence-electron chi connectivity index (χ2n) is 6.84. The van der Waals surface area contributed by atoms with Crippen molar-refractivity contribution in [3.05, 3.63) is 83.8 Å². The van der Waals surface area contributed by atoms with Crippen molar-refractivity contribution in [1.82, 2.24) is 0 Å². The number of carbonyl (C=O) groups excluding carboxylic acids is 2. The predicted octanol–water partition coefficient (Wildman–Crippen LogP) is 4.31. The maximum absolute atomic E-state index is 13.0. The Morgan fingerprint density at radius 2 is 1.84 bits per heavy atom. The fourth-order valence-corrected chi connectivity index (χ4v) is 3.61. The quantitative estimate of drug-likeness (QED) is 0.364. The van der Waals surface area contributed by atoms with Crippen LogP contribution >= 0.6 is 0 Å². The van der Waals surface area contributed by atoms with Crippen molar-refractivity contribution in [2.45, 2.75) is 13.0 Å². The van der Waals surface area contributed by atoms with Crippen LogP contribution < -0.4 is 14.4 Å². The lowest BCUT2D eigenvalue weighted by Crippen LogP contribution is -2.29. The number of hydrogen-bond acceptors (Lipinski definition) is 6. The molecule has 1 aliphatic heterocycles. The Morgan fingerprint density at radius 3 is 2.48 bits per heavy atom. The molecule has 1 fully saturated rings. The maximum atomic E-state index is 13.0. The number of aliphatic hydroxyl groups excluding tert-OH is 1. The van der Waals surface area contributed by atoms with E-state index in [4.69, 9.17) is 13.9 Å². The molecule has 0 aliphatic carbocycles. The lowest BCUT2D eigenvalue weighted by atomic mass is 9.99. The highest BCUT2D eigenvalue weighted by Crippen LogP contribution is 2.42. The van der Waals surface area contributed by atoms with Gasteiger partial charge in [-0.25, -0.2) is 0 Å². The zero-order chi connectivity index (χ0) is 22.0. The smallest absolute Gasteiger partial charge is 0.300 e. The van der Waals surface area contributed by atoms with Crippen LogP contribution in [0.3, 0.4) is 0 Å². The molecule has 1 aromatic heterocycles. The van der Waals surface area contributed by atoms with E-state index in [9.17, 15) is 14.7 Å². The van der Waals surface area contributed by atoms with Gasteiger partial charge in [-0.05, 0) is 55.5 Å². The van der Waals surface area contributed by atoms with Gasteiger partial charge >= 0.3 is 0 Å². The zero-order valence-electron chi connectivity index (χ0n) is 17.1. The molecule has 2 aromatic carbocycles. The minimum atomic E-state index is -0.917. The highest BCUT2D eigenvalue weighted by molar-refractivity contribution is 6.51. The molecule has 0 spiro atoms. The number of amides is 1. The van der Waals surface area contributed by atoms with Gasteiger partial charge in [0.05, 0.1) is 25.6 Å². The number of anilines is 1. The number of methoxy groups -OCH3 is 1. The predicted molar refractivity (Wildman–Crippen MR) is 114 cm³/mol. The van der Waals surface area contributed by atoms with Crippen molar-refractivity contribution >= 4 is 23.1 Å². The number of ketones is 1. The summed E-state index contributed by atoms with van der Waals surface area (Å²) >= 11 is 0. The normalized spacial score (nSPS) is 17.7. The number of rotatable bonds is 6. The van der Waals surface area contributed by atoms with E-state index in [2.05, 4.69) is 0 Å². The van der Waals surface area contributed by atoms with Gasteiger partial charge in [0.1, 0.15) is 29.1 Å². The first-order valence-corrected chi connectivity index (χ1v) is 9.76. The highest BCUT2D eigenvalue weighted by Gasteiger charge is 2.48. The van der Waals surface area contributed by atoms with Crippen molar-refractivity contribution in [3.63, 3.8) is 0 Å². The van der Waals surface area contributed by atoms with Gasteiger partial charge in [0, 0.05) is 11.3 Å². The third-order valence-electron chi connectivity index (χ3n) is 5.03. The molecule has 1 aliphatic rings.